The van der Waals surface area contributed by atoms with E-state index in [0.717, 1.165) is 6.54 Å². The molecule has 0 unspecified atom stereocenters. The van der Waals surface area contributed by atoms with Crippen LogP contribution in [0.4, 0.5) is 0 Å². The first-order valence-electron chi connectivity index (χ1n) is 3.79. The third-order valence-electron chi connectivity index (χ3n) is 1.40. The minimum Gasteiger partial charge on any atom is -0.309 e. The van der Waals surface area contributed by atoms with Gasteiger partial charge >= 0.3 is 0 Å². The van der Waals surface area contributed by atoms with E-state index < -0.39 is 0 Å². The Kier molecular flexibility index (Phi) is 5.22. The SMILES string of the molecule is C=[N+](C)CCCCN(C)C. The summed E-state index contributed by atoms with van der Waals surface area (Å²) in [5, 5.41) is 0. The molecule has 0 aliphatic rings. The molecule has 60 valence electrons. The molecule has 0 saturated heterocycles. The second-order valence-electron chi connectivity index (χ2n) is 3.09. The zero-order valence-electron chi connectivity index (χ0n) is 7.43. The monoisotopic (exact) mass is 143 g/mol. The van der Waals surface area contributed by atoms with Crippen molar-refractivity contribution in [1.29, 1.82) is 0 Å². The maximum atomic E-state index is 3.77. The van der Waals surface area contributed by atoms with Gasteiger partial charge in [-0.2, -0.15) is 0 Å². The first kappa shape index (κ1) is 9.63. The van der Waals surface area contributed by atoms with Crippen LogP contribution in [0.3, 0.4) is 0 Å². The van der Waals surface area contributed by atoms with Crippen LogP contribution >= 0.6 is 0 Å². The van der Waals surface area contributed by atoms with Crippen LogP contribution in [0, 0.1) is 0 Å². The van der Waals surface area contributed by atoms with Crippen molar-refractivity contribution >= 4 is 6.72 Å². The summed E-state index contributed by atoms with van der Waals surface area (Å²) in [5.74, 6) is 0. The molecule has 2 heteroatoms. The Balaban J connectivity index is 2.98. The fraction of sp³-hybridized carbons (Fsp3) is 0.875. The zero-order valence-corrected chi connectivity index (χ0v) is 7.43. The highest BCUT2D eigenvalue weighted by molar-refractivity contribution is 5.13. The van der Waals surface area contributed by atoms with Gasteiger partial charge in [0.05, 0.1) is 0 Å². The Hall–Kier alpha value is -0.370. The number of rotatable bonds is 5. The van der Waals surface area contributed by atoms with Crippen LogP contribution in [0.1, 0.15) is 12.8 Å². The van der Waals surface area contributed by atoms with Crippen molar-refractivity contribution in [1.82, 2.24) is 4.90 Å². The van der Waals surface area contributed by atoms with Crippen molar-refractivity contribution in [3.63, 3.8) is 0 Å². The molecule has 0 amide bonds. The standard InChI is InChI=1S/C8H19N2/c1-9(2)7-5-6-8-10(3)4/h1,5-8H2,2-4H3/q+1. The van der Waals surface area contributed by atoms with E-state index in [9.17, 15) is 0 Å². The Morgan fingerprint density at radius 2 is 1.90 bits per heavy atom. The molecular formula is C8H19N2+. The number of hydrogen-bond acceptors (Lipinski definition) is 1. The highest BCUT2D eigenvalue weighted by Gasteiger charge is 1.93. The quantitative estimate of drug-likeness (QED) is 0.311. The fourth-order valence-corrected chi connectivity index (χ4v) is 0.810. The molecule has 0 heterocycles. The second-order valence-corrected chi connectivity index (χ2v) is 3.09. The minimum atomic E-state index is 1.10. The zero-order chi connectivity index (χ0) is 7.98. The van der Waals surface area contributed by atoms with E-state index in [1.165, 1.54) is 19.4 Å². The Labute approximate surface area is 64.2 Å². The minimum absolute atomic E-state index is 1.10. The molecule has 0 atom stereocenters. The maximum absolute atomic E-state index is 3.77. The van der Waals surface area contributed by atoms with Gasteiger partial charge in [-0.1, -0.05) is 0 Å². The summed E-state index contributed by atoms with van der Waals surface area (Å²) < 4.78 is 1.98. The first-order valence-corrected chi connectivity index (χ1v) is 3.79. The van der Waals surface area contributed by atoms with Gasteiger partial charge in [0, 0.05) is 6.42 Å². The summed E-state index contributed by atoms with van der Waals surface area (Å²) >= 11 is 0. The molecule has 0 aromatic heterocycles. The predicted molar refractivity (Wildman–Crippen MR) is 46.0 cm³/mol. The van der Waals surface area contributed by atoms with Gasteiger partial charge in [-0.25, -0.2) is 4.58 Å². The van der Waals surface area contributed by atoms with Crippen molar-refractivity contribution in [2.45, 2.75) is 12.8 Å². The summed E-state index contributed by atoms with van der Waals surface area (Å²) in [6.07, 6.45) is 2.52. The molecular weight excluding hydrogens is 124 g/mol. The van der Waals surface area contributed by atoms with Crippen LogP contribution in [-0.2, 0) is 0 Å². The molecule has 0 radical (unpaired) electrons. The second kappa shape index (κ2) is 5.42. The van der Waals surface area contributed by atoms with E-state index in [2.05, 4.69) is 25.7 Å². The lowest BCUT2D eigenvalue weighted by molar-refractivity contribution is -0.488. The third kappa shape index (κ3) is 7.63. The van der Waals surface area contributed by atoms with Gasteiger partial charge in [0.25, 0.3) is 0 Å². The van der Waals surface area contributed by atoms with E-state index >= 15 is 0 Å². The van der Waals surface area contributed by atoms with Crippen LogP contribution in [0.5, 0.6) is 0 Å². The lowest BCUT2D eigenvalue weighted by Gasteiger charge is -2.06. The van der Waals surface area contributed by atoms with Crippen LogP contribution in [0.15, 0.2) is 0 Å². The topological polar surface area (TPSA) is 6.25 Å². The van der Waals surface area contributed by atoms with Gasteiger partial charge < -0.3 is 4.90 Å². The van der Waals surface area contributed by atoms with Crippen molar-refractivity contribution in [2.75, 3.05) is 34.2 Å². The Bertz CT molecular complexity index is 97.4. The molecule has 0 aromatic rings. The normalized spacial score (nSPS) is 10.4. The van der Waals surface area contributed by atoms with Gasteiger partial charge in [0.15, 0.2) is 0 Å². The molecule has 0 fully saturated rings. The highest BCUT2D eigenvalue weighted by Crippen LogP contribution is 1.89. The number of hydrogen-bond donors (Lipinski definition) is 0. The lowest BCUT2D eigenvalue weighted by Crippen LogP contribution is -2.14. The van der Waals surface area contributed by atoms with Gasteiger partial charge in [-0.05, 0) is 27.1 Å². The lowest BCUT2D eigenvalue weighted by atomic mass is 10.3. The Morgan fingerprint density at radius 1 is 1.30 bits per heavy atom. The Morgan fingerprint density at radius 3 is 2.30 bits per heavy atom. The molecule has 0 aromatic carbocycles. The highest BCUT2D eigenvalue weighted by atomic mass is 15.0. The van der Waals surface area contributed by atoms with Crippen molar-refractivity contribution < 1.29 is 4.58 Å². The van der Waals surface area contributed by atoms with Crippen molar-refractivity contribution in [2.24, 2.45) is 0 Å². The summed E-state index contributed by atoms with van der Waals surface area (Å²) in [4.78, 5) is 2.21. The van der Waals surface area contributed by atoms with Crippen LogP contribution in [-0.4, -0.2) is 50.4 Å². The first-order chi connectivity index (χ1) is 4.63. The summed E-state index contributed by atoms with van der Waals surface area (Å²) in [5.41, 5.74) is 0. The summed E-state index contributed by atoms with van der Waals surface area (Å²) in [6.45, 7) is 6.07. The number of unbranched alkanes of at least 4 members (excludes halogenated alkanes) is 1. The average molecular weight is 143 g/mol. The molecule has 0 bridgehead atoms. The molecule has 0 aliphatic carbocycles. The van der Waals surface area contributed by atoms with Gasteiger partial charge in [0.1, 0.15) is 20.3 Å². The predicted octanol–water partition coefficient (Wildman–Crippen LogP) is 0.671. The molecule has 0 N–H and O–H groups in total. The summed E-state index contributed by atoms with van der Waals surface area (Å²) in [7, 11) is 6.22. The molecule has 0 rings (SSSR count). The summed E-state index contributed by atoms with van der Waals surface area (Å²) in [6, 6.07) is 0. The van der Waals surface area contributed by atoms with E-state index in [0.29, 0.717) is 0 Å². The molecule has 0 spiro atoms. The van der Waals surface area contributed by atoms with Gasteiger partial charge in [0.2, 0.25) is 0 Å². The molecule has 0 aliphatic heterocycles. The van der Waals surface area contributed by atoms with E-state index in [-0.39, 0.29) is 0 Å². The molecule has 2 nitrogen and oxygen atoms in total. The van der Waals surface area contributed by atoms with Crippen molar-refractivity contribution in [3.05, 3.63) is 0 Å². The fourth-order valence-electron chi connectivity index (χ4n) is 0.810. The van der Waals surface area contributed by atoms with Gasteiger partial charge in [-0.3, -0.25) is 0 Å². The van der Waals surface area contributed by atoms with Crippen LogP contribution in [0.25, 0.3) is 0 Å². The van der Waals surface area contributed by atoms with Crippen LogP contribution < -0.4 is 0 Å². The van der Waals surface area contributed by atoms with Crippen molar-refractivity contribution in [3.8, 4) is 0 Å². The maximum Gasteiger partial charge on any atom is 0.142 e. The van der Waals surface area contributed by atoms with E-state index in [4.69, 9.17) is 0 Å². The van der Waals surface area contributed by atoms with Crippen LogP contribution in [0.2, 0.25) is 0 Å². The third-order valence-corrected chi connectivity index (χ3v) is 1.40. The largest absolute Gasteiger partial charge is 0.309 e. The van der Waals surface area contributed by atoms with E-state index in [1.807, 2.05) is 11.6 Å². The van der Waals surface area contributed by atoms with Gasteiger partial charge in [-0.15, -0.1) is 0 Å². The number of nitrogens with zero attached hydrogens (tertiary/aromatic N) is 2. The molecule has 0 saturated carbocycles. The average Bonchev–Trinajstić information content (AvgIpc) is 1.79. The van der Waals surface area contributed by atoms with E-state index in [1.54, 1.807) is 0 Å². The smallest absolute Gasteiger partial charge is 0.142 e. The molecule has 10 heavy (non-hydrogen) atoms.